The van der Waals surface area contributed by atoms with Crippen LogP contribution in [0.25, 0.3) is 0 Å². The highest BCUT2D eigenvalue weighted by molar-refractivity contribution is 5.77. The Kier molecular flexibility index (Phi) is 7.13. The molecule has 0 aliphatic rings. The molecule has 0 saturated carbocycles. The summed E-state index contributed by atoms with van der Waals surface area (Å²) < 4.78 is 10.7. The molecule has 0 radical (unpaired) electrons. The second kappa shape index (κ2) is 8.88. The summed E-state index contributed by atoms with van der Waals surface area (Å²) in [6.07, 6.45) is 5.07. The molecule has 0 fully saturated rings. The van der Waals surface area contributed by atoms with Crippen molar-refractivity contribution in [3.63, 3.8) is 0 Å². The molecular weight excluding hydrogens is 268 g/mol. The second-order valence-electron chi connectivity index (χ2n) is 4.79. The van der Waals surface area contributed by atoms with Crippen molar-refractivity contribution in [1.82, 2.24) is 10.6 Å². The van der Waals surface area contributed by atoms with Crippen LogP contribution < -0.4 is 20.1 Å². The molecule has 2 N–H and O–H groups in total. The number of benzene rings is 1. The lowest BCUT2D eigenvalue weighted by atomic mass is 10.2. The Labute approximate surface area is 126 Å². The largest absolute Gasteiger partial charge is 0.493 e. The van der Waals surface area contributed by atoms with Crippen LogP contribution >= 0.6 is 0 Å². The van der Waals surface area contributed by atoms with Gasteiger partial charge in [-0.1, -0.05) is 25.8 Å². The first-order valence-electron chi connectivity index (χ1n) is 6.80. The van der Waals surface area contributed by atoms with E-state index in [1.54, 1.807) is 7.11 Å². The molecule has 114 valence electrons. The van der Waals surface area contributed by atoms with Crippen LogP contribution in [-0.4, -0.2) is 32.2 Å². The van der Waals surface area contributed by atoms with E-state index in [-0.39, 0.29) is 19.1 Å². The van der Waals surface area contributed by atoms with E-state index in [4.69, 9.17) is 15.9 Å². The first-order valence-corrected chi connectivity index (χ1v) is 6.80. The standard InChI is InChI=1S/C16H22N2O3/c1-5-8-17-16(19)11-21-15-9-13(10-18-12(2)3)6-7-14(15)20-4/h1,6-7,9,12,18H,8,10-11H2,2-4H3,(H,17,19). The molecule has 0 heterocycles. The van der Waals surface area contributed by atoms with E-state index < -0.39 is 0 Å². The van der Waals surface area contributed by atoms with Gasteiger partial charge in [-0.3, -0.25) is 4.79 Å². The summed E-state index contributed by atoms with van der Waals surface area (Å²) in [4.78, 5) is 11.5. The van der Waals surface area contributed by atoms with Crippen LogP contribution in [0.1, 0.15) is 19.4 Å². The average Bonchev–Trinajstić information content (AvgIpc) is 2.48. The van der Waals surface area contributed by atoms with E-state index >= 15 is 0 Å². The summed E-state index contributed by atoms with van der Waals surface area (Å²) in [7, 11) is 1.56. The summed E-state index contributed by atoms with van der Waals surface area (Å²) in [6.45, 7) is 4.98. The summed E-state index contributed by atoms with van der Waals surface area (Å²) >= 11 is 0. The van der Waals surface area contributed by atoms with Gasteiger partial charge in [-0.2, -0.15) is 0 Å². The Morgan fingerprint density at radius 2 is 2.14 bits per heavy atom. The first kappa shape index (κ1) is 16.9. The molecule has 0 aliphatic heterocycles. The zero-order chi connectivity index (χ0) is 15.7. The lowest BCUT2D eigenvalue weighted by Crippen LogP contribution is -2.29. The van der Waals surface area contributed by atoms with E-state index in [1.807, 2.05) is 18.2 Å². The maximum absolute atomic E-state index is 11.5. The van der Waals surface area contributed by atoms with Gasteiger partial charge in [0.1, 0.15) is 0 Å². The highest BCUT2D eigenvalue weighted by atomic mass is 16.5. The third-order valence-electron chi connectivity index (χ3n) is 2.69. The minimum Gasteiger partial charge on any atom is -0.493 e. The maximum Gasteiger partial charge on any atom is 0.258 e. The maximum atomic E-state index is 11.5. The molecule has 1 amide bonds. The Hall–Kier alpha value is -2.19. The Bertz CT molecular complexity index is 507. The Balaban J connectivity index is 2.67. The monoisotopic (exact) mass is 290 g/mol. The number of carbonyl (C=O) groups is 1. The molecule has 0 saturated heterocycles. The predicted molar refractivity (Wildman–Crippen MR) is 82.3 cm³/mol. The smallest absolute Gasteiger partial charge is 0.258 e. The minimum atomic E-state index is -0.263. The number of nitrogens with one attached hydrogen (secondary N) is 2. The zero-order valence-electron chi connectivity index (χ0n) is 12.7. The van der Waals surface area contributed by atoms with Crippen molar-refractivity contribution < 1.29 is 14.3 Å². The van der Waals surface area contributed by atoms with Crippen molar-refractivity contribution in [3.8, 4) is 23.8 Å². The number of methoxy groups -OCH3 is 1. The van der Waals surface area contributed by atoms with Gasteiger partial charge in [-0.05, 0) is 17.7 Å². The van der Waals surface area contributed by atoms with Crippen LogP contribution in [-0.2, 0) is 11.3 Å². The number of carbonyl (C=O) groups excluding carboxylic acids is 1. The van der Waals surface area contributed by atoms with E-state index in [0.717, 1.165) is 12.1 Å². The van der Waals surface area contributed by atoms with E-state index in [2.05, 4.69) is 30.4 Å². The fraction of sp³-hybridized carbons (Fsp3) is 0.438. The van der Waals surface area contributed by atoms with Gasteiger partial charge < -0.3 is 20.1 Å². The van der Waals surface area contributed by atoms with Crippen LogP contribution in [0.4, 0.5) is 0 Å². The molecule has 1 rings (SSSR count). The molecule has 5 nitrogen and oxygen atoms in total. The highest BCUT2D eigenvalue weighted by Gasteiger charge is 2.08. The number of hydrogen-bond acceptors (Lipinski definition) is 4. The van der Waals surface area contributed by atoms with Crippen LogP contribution in [0.15, 0.2) is 18.2 Å². The molecule has 0 spiro atoms. The highest BCUT2D eigenvalue weighted by Crippen LogP contribution is 2.28. The molecule has 1 aromatic rings. The predicted octanol–water partition coefficient (Wildman–Crippen LogP) is 1.32. The van der Waals surface area contributed by atoms with Gasteiger partial charge in [0.05, 0.1) is 13.7 Å². The number of hydrogen-bond donors (Lipinski definition) is 2. The number of amides is 1. The van der Waals surface area contributed by atoms with Crippen molar-refractivity contribution in [3.05, 3.63) is 23.8 Å². The Morgan fingerprint density at radius 3 is 2.76 bits per heavy atom. The number of ether oxygens (including phenoxy) is 2. The topological polar surface area (TPSA) is 59.6 Å². The van der Waals surface area contributed by atoms with Crippen LogP contribution in [0.2, 0.25) is 0 Å². The first-order chi connectivity index (χ1) is 10.1. The SMILES string of the molecule is C#CCNC(=O)COc1cc(CNC(C)C)ccc1OC. The van der Waals surface area contributed by atoms with Crippen LogP contribution in [0.5, 0.6) is 11.5 Å². The van der Waals surface area contributed by atoms with E-state index in [9.17, 15) is 4.79 Å². The molecule has 0 aromatic heterocycles. The molecule has 0 unspecified atom stereocenters. The van der Waals surface area contributed by atoms with Crippen LogP contribution in [0, 0.1) is 12.3 Å². The van der Waals surface area contributed by atoms with Crippen molar-refractivity contribution in [2.24, 2.45) is 0 Å². The third-order valence-corrected chi connectivity index (χ3v) is 2.69. The molecule has 5 heteroatoms. The molecule has 0 bridgehead atoms. The number of rotatable bonds is 8. The van der Waals surface area contributed by atoms with Crippen molar-refractivity contribution in [2.75, 3.05) is 20.3 Å². The fourth-order valence-corrected chi connectivity index (χ4v) is 1.61. The quantitative estimate of drug-likeness (QED) is 0.709. The lowest BCUT2D eigenvalue weighted by molar-refractivity contribution is -0.122. The summed E-state index contributed by atoms with van der Waals surface area (Å²) in [5.41, 5.74) is 1.06. The van der Waals surface area contributed by atoms with E-state index in [0.29, 0.717) is 17.5 Å². The van der Waals surface area contributed by atoms with Gasteiger partial charge in [-0.25, -0.2) is 0 Å². The minimum absolute atomic E-state index is 0.0981. The van der Waals surface area contributed by atoms with Gasteiger partial charge in [0.25, 0.3) is 5.91 Å². The second-order valence-corrected chi connectivity index (χ2v) is 4.79. The zero-order valence-corrected chi connectivity index (χ0v) is 12.7. The van der Waals surface area contributed by atoms with Gasteiger partial charge in [-0.15, -0.1) is 6.42 Å². The van der Waals surface area contributed by atoms with Crippen molar-refractivity contribution in [1.29, 1.82) is 0 Å². The lowest BCUT2D eigenvalue weighted by Gasteiger charge is -2.13. The third kappa shape index (κ3) is 6.19. The van der Waals surface area contributed by atoms with E-state index in [1.165, 1.54) is 0 Å². The fourth-order valence-electron chi connectivity index (χ4n) is 1.61. The average molecular weight is 290 g/mol. The van der Waals surface area contributed by atoms with Gasteiger partial charge in [0.2, 0.25) is 0 Å². The van der Waals surface area contributed by atoms with Gasteiger partial charge >= 0.3 is 0 Å². The molecule has 0 atom stereocenters. The summed E-state index contributed by atoms with van der Waals surface area (Å²) in [6, 6.07) is 6.04. The van der Waals surface area contributed by atoms with Crippen molar-refractivity contribution in [2.45, 2.75) is 26.4 Å². The molecule has 1 aromatic carbocycles. The van der Waals surface area contributed by atoms with Gasteiger partial charge in [0.15, 0.2) is 18.1 Å². The van der Waals surface area contributed by atoms with Gasteiger partial charge in [0, 0.05) is 12.6 Å². The molecular formula is C16H22N2O3. The Morgan fingerprint density at radius 1 is 1.38 bits per heavy atom. The normalized spacial score (nSPS) is 10.0. The van der Waals surface area contributed by atoms with Crippen molar-refractivity contribution >= 4 is 5.91 Å². The molecule has 21 heavy (non-hydrogen) atoms. The van der Waals surface area contributed by atoms with Crippen LogP contribution in [0.3, 0.4) is 0 Å². The number of terminal acetylenes is 1. The molecule has 0 aliphatic carbocycles. The summed E-state index contributed by atoms with van der Waals surface area (Å²) in [5, 5.41) is 5.86. The summed E-state index contributed by atoms with van der Waals surface area (Å²) in [5.74, 6) is 3.20.